The van der Waals surface area contributed by atoms with Crippen LogP contribution in [0.4, 0.5) is 5.82 Å². The number of hydrogen-bond acceptors (Lipinski definition) is 5. The number of rotatable bonds is 6. The van der Waals surface area contributed by atoms with E-state index in [9.17, 15) is 13.2 Å². The van der Waals surface area contributed by atoms with Crippen molar-refractivity contribution in [2.24, 2.45) is 0 Å². The monoisotopic (exact) mass is 422 g/mol. The number of aromatic carboxylic acids is 1. The van der Waals surface area contributed by atoms with Gasteiger partial charge in [-0.25, -0.2) is 13.2 Å². The summed E-state index contributed by atoms with van der Waals surface area (Å²) in [7, 11) is -4.00. The Morgan fingerprint density at radius 3 is 2.73 bits per heavy atom. The van der Waals surface area contributed by atoms with Gasteiger partial charge in [-0.15, -0.1) is 0 Å². The minimum Gasteiger partial charge on any atom is -0.478 e. The first-order valence-corrected chi connectivity index (χ1v) is 10.5. The Morgan fingerprint density at radius 1 is 1.13 bits per heavy atom. The number of pyridine rings is 1. The van der Waals surface area contributed by atoms with Gasteiger partial charge < -0.3 is 5.11 Å². The van der Waals surface area contributed by atoms with Gasteiger partial charge >= 0.3 is 5.97 Å². The van der Waals surface area contributed by atoms with Crippen LogP contribution in [0.2, 0.25) is 0 Å². The second kappa shape index (κ2) is 7.60. The Balaban J connectivity index is 1.59. The SMILES string of the molecule is Cc1ccc(C(=O)O)cc1S(=O)(=O)Nc1ccn(Cc2cccc3cccnc23)n1. The van der Waals surface area contributed by atoms with Gasteiger partial charge in [0.25, 0.3) is 10.0 Å². The van der Waals surface area contributed by atoms with Gasteiger partial charge in [0.1, 0.15) is 0 Å². The number of carbonyl (C=O) groups is 1. The lowest BCUT2D eigenvalue weighted by atomic mass is 10.1. The molecule has 4 rings (SSSR count). The van der Waals surface area contributed by atoms with E-state index in [-0.39, 0.29) is 16.3 Å². The van der Waals surface area contributed by atoms with Gasteiger partial charge in [-0.1, -0.05) is 30.3 Å². The minimum absolute atomic E-state index is 0.102. The fraction of sp³-hybridized carbons (Fsp3) is 0.0952. The third-order valence-corrected chi connectivity index (χ3v) is 6.15. The third kappa shape index (κ3) is 3.87. The molecular weight excluding hydrogens is 404 g/mol. The number of aryl methyl sites for hydroxylation is 1. The Morgan fingerprint density at radius 2 is 1.93 bits per heavy atom. The highest BCUT2D eigenvalue weighted by molar-refractivity contribution is 7.92. The molecule has 0 aliphatic heterocycles. The molecule has 0 aliphatic carbocycles. The number of carboxylic acids is 1. The van der Waals surface area contributed by atoms with Gasteiger partial charge in [-0.05, 0) is 36.2 Å². The molecule has 0 aliphatic rings. The van der Waals surface area contributed by atoms with Crippen molar-refractivity contribution in [1.82, 2.24) is 14.8 Å². The van der Waals surface area contributed by atoms with Gasteiger partial charge in [-0.2, -0.15) is 5.10 Å². The zero-order valence-corrected chi connectivity index (χ0v) is 16.8. The van der Waals surface area contributed by atoms with Gasteiger partial charge in [0.05, 0.1) is 22.5 Å². The molecule has 9 heteroatoms. The van der Waals surface area contributed by atoms with Crippen LogP contribution < -0.4 is 4.72 Å². The van der Waals surface area contributed by atoms with Crippen molar-refractivity contribution < 1.29 is 18.3 Å². The highest BCUT2D eigenvalue weighted by atomic mass is 32.2. The fourth-order valence-electron chi connectivity index (χ4n) is 3.19. The standard InChI is InChI=1S/C21H18N4O4S/c1-14-7-8-16(21(26)27)12-18(14)30(28,29)24-19-9-11-25(23-19)13-17-5-2-4-15-6-3-10-22-20(15)17/h2-12H,13H2,1H3,(H,23,24)(H,26,27). The van der Waals surface area contributed by atoms with E-state index in [2.05, 4.69) is 14.8 Å². The molecule has 0 saturated carbocycles. The molecule has 152 valence electrons. The molecule has 30 heavy (non-hydrogen) atoms. The first-order chi connectivity index (χ1) is 14.3. The normalized spacial score (nSPS) is 11.5. The van der Waals surface area contributed by atoms with E-state index in [1.807, 2.05) is 30.3 Å². The highest BCUT2D eigenvalue weighted by Gasteiger charge is 2.20. The first-order valence-electron chi connectivity index (χ1n) is 9.06. The maximum Gasteiger partial charge on any atom is 0.335 e. The van der Waals surface area contributed by atoms with Gasteiger partial charge in [-0.3, -0.25) is 14.4 Å². The number of sulfonamides is 1. The van der Waals surface area contributed by atoms with Crippen molar-refractivity contribution in [3.63, 3.8) is 0 Å². The Labute approximate surface area is 172 Å². The second-order valence-electron chi connectivity index (χ2n) is 6.78. The zero-order valence-electron chi connectivity index (χ0n) is 16.0. The van der Waals surface area contributed by atoms with Crippen LogP contribution in [-0.2, 0) is 16.6 Å². The number of fused-ring (bicyclic) bond motifs is 1. The van der Waals surface area contributed by atoms with Crippen LogP contribution in [0.25, 0.3) is 10.9 Å². The molecule has 0 atom stereocenters. The fourth-order valence-corrected chi connectivity index (χ4v) is 4.46. The molecular formula is C21H18N4O4S. The molecule has 4 aromatic rings. The summed E-state index contributed by atoms with van der Waals surface area (Å²) in [6.07, 6.45) is 3.39. The molecule has 2 heterocycles. The third-order valence-electron chi connectivity index (χ3n) is 4.65. The van der Waals surface area contributed by atoms with Crippen LogP contribution in [-0.4, -0.2) is 34.3 Å². The Hall–Kier alpha value is -3.72. The number of anilines is 1. The molecule has 0 saturated heterocycles. The predicted octanol–water partition coefficient (Wildman–Crippen LogP) is 3.29. The van der Waals surface area contributed by atoms with Crippen molar-refractivity contribution in [3.05, 3.63) is 83.7 Å². The molecule has 0 bridgehead atoms. The van der Waals surface area contributed by atoms with E-state index < -0.39 is 16.0 Å². The zero-order chi connectivity index (χ0) is 21.3. The number of para-hydroxylation sites is 1. The number of aromatic nitrogens is 3. The van der Waals surface area contributed by atoms with E-state index in [0.29, 0.717) is 12.1 Å². The minimum atomic E-state index is -4.00. The number of hydrogen-bond donors (Lipinski definition) is 2. The number of carboxylic acid groups (broad SMARTS) is 1. The summed E-state index contributed by atoms with van der Waals surface area (Å²) in [5, 5.41) is 14.4. The maximum atomic E-state index is 12.8. The van der Waals surface area contributed by atoms with Crippen LogP contribution in [0.5, 0.6) is 0 Å². The predicted molar refractivity (Wildman–Crippen MR) is 112 cm³/mol. The summed E-state index contributed by atoms with van der Waals surface area (Å²) < 4.78 is 29.6. The van der Waals surface area contributed by atoms with E-state index in [1.165, 1.54) is 12.1 Å². The van der Waals surface area contributed by atoms with Crippen molar-refractivity contribution in [2.75, 3.05) is 4.72 Å². The van der Waals surface area contributed by atoms with Crippen molar-refractivity contribution >= 4 is 32.7 Å². The summed E-state index contributed by atoms with van der Waals surface area (Å²) in [5.74, 6) is -1.05. The molecule has 0 fully saturated rings. The van der Waals surface area contributed by atoms with E-state index in [4.69, 9.17) is 5.11 Å². The lowest BCUT2D eigenvalue weighted by Gasteiger charge is -2.09. The lowest BCUT2D eigenvalue weighted by molar-refractivity contribution is 0.0696. The van der Waals surface area contributed by atoms with Crippen LogP contribution in [0, 0.1) is 6.92 Å². The lowest BCUT2D eigenvalue weighted by Crippen LogP contribution is -2.16. The molecule has 2 aromatic heterocycles. The van der Waals surface area contributed by atoms with Crippen molar-refractivity contribution in [1.29, 1.82) is 0 Å². The Kier molecular flexibility index (Phi) is 4.96. The Bertz CT molecular complexity index is 1360. The average molecular weight is 422 g/mol. The summed E-state index contributed by atoms with van der Waals surface area (Å²) in [4.78, 5) is 15.5. The molecule has 0 amide bonds. The van der Waals surface area contributed by atoms with E-state index >= 15 is 0 Å². The topological polar surface area (TPSA) is 114 Å². The number of nitrogens with one attached hydrogen (secondary N) is 1. The summed E-state index contributed by atoms with van der Waals surface area (Å²) in [5.41, 5.74) is 2.15. The smallest absolute Gasteiger partial charge is 0.335 e. The van der Waals surface area contributed by atoms with Gasteiger partial charge in [0, 0.05) is 23.8 Å². The first kappa shape index (κ1) is 19.6. The quantitative estimate of drug-likeness (QED) is 0.493. The van der Waals surface area contributed by atoms with Crippen LogP contribution in [0.3, 0.4) is 0 Å². The highest BCUT2D eigenvalue weighted by Crippen LogP contribution is 2.21. The molecule has 0 spiro atoms. The summed E-state index contributed by atoms with van der Waals surface area (Å²) >= 11 is 0. The largest absolute Gasteiger partial charge is 0.478 e. The maximum absolute atomic E-state index is 12.8. The van der Waals surface area contributed by atoms with Crippen molar-refractivity contribution in [3.8, 4) is 0 Å². The molecule has 2 aromatic carbocycles. The van der Waals surface area contributed by atoms with Crippen LogP contribution >= 0.6 is 0 Å². The van der Waals surface area contributed by atoms with Gasteiger partial charge in [0.15, 0.2) is 5.82 Å². The molecule has 2 N–H and O–H groups in total. The van der Waals surface area contributed by atoms with Crippen LogP contribution in [0.1, 0.15) is 21.5 Å². The van der Waals surface area contributed by atoms with E-state index in [0.717, 1.165) is 22.5 Å². The summed E-state index contributed by atoms with van der Waals surface area (Å²) in [6, 6.07) is 15.2. The second-order valence-corrected chi connectivity index (χ2v) is 8.43. The number of benzene rings is 2. The molecule has 8 nitrogen and oxygen atoms in total. The molecule has 0 unspecified atom stereocenters. The van der Waals surface area contributed by atoms with Crippen molar-refractivity contribution in [2.45, 2.75) is 18.4 Å². The van der Waals surface area contributed by atoms with Gasteiger partial charge in [0.2, 0.25) is 0 Å². The average Bonchev–Trinajstić information content (AvgIpc) is 3.14. The number of nitrogens with zero attached hydrogens (tertiary/aromatic N) is 3. The molecule has 0 radical (unpaired) electrons. The summed E-state index contributed by atoms with van der Waals surface area (Å²) in [6.45, 7) is 2.02. The van der Waals surface area contributed by atoms with E-state index in [1.54, 1.807) is 30.1 Å². The van der Waals surface area contributed by atoms with Crippen LogP contribution in [0.15, 0.2) is 71.9 Å².